The van der Waals surface area contributed by atoms with Crippen LogP contribution in [0.5, 0.6) is 0 Å². The normalized spacial score (nSPS) is 29.3. The minimum absolute atomic E-state index is 0.143. The second-order valence-electron chi connectivity index (χ2n) is 8.96. The lowest BCUT2D eigenvalue weighted by molar-refractivity contribution is -0.241. The Hall–Kier alpha value is -1.54. The van der Waals surface area contributed by atoms with Crippen LogP contribution in [0.15, 0.2) is 60.7 Å². The van der Waals surface area contributed by atoms with Crippen molar-refractivity contribution in [3.63, 3.8) is 0 Å². The van der Waals surface area contributed by atoms with Gasteiger partial charge in [0.05, 0.1) is 13.2 Å². The molecule has 2 bridgehead atoms. The second kappa shape index (κ2) is 7.61. The number of ether oxygens (including phenoxy) is 3. The number of rotatable bonds is 6. The van der Waals surface area contributed by atoms with Gasteiger partial charge in [-0.15, -0.1) is 0 Å². The van der Waals surface area contributed by atoms with Crippen molar-refractivity contribution >= 4 is 18.7 Å². The average molecular weight is 415 g/mol. The molecule has 2 aliphatic heterocycles. The highest BCUT2D eigenvalue weighted by Gasteiger charge is 2.63. The summed E-state index contributed by atoms with van der Waals surface area (Å²) in [5, 5.41) is 13.1. The zero-order valence-electron chi connectivity index (χ0n) is 17.5. The van der Waals surface area contributed by atoms with Crippen molar-refractivity contribution in [2.24, 2.45) is 0 Å². The van der Waals surface area contributed by atoms with Gasteiger partial charge in [0.25, 0.3) is 8.32 Å². The highest BCUT2D eigenvalue weighted by atomic mass is 28.4. The van der Waals surface area contributed by atoms with E-state index < -0.39 is 32.4 Å². The van der Waals surface area contributed by atoms with Crippen LogP contribution in [0.4, 0.5) is 0 Å². The van der Waals surface area contributed by atoms with Crippen LogP contribution in [0.25, 0.3) is 0 Å². The molecule has 0 saturated carbocycles. The maximum absolute atomic E-state index is 10.8. The molecular formula is C23H30O5Si. The van der Waals surface area contributed by atoms with E-state index in [2.05, 4.69) is 69.3 Å². The van der Waals surface area contributed by atoms with Gasteiger partial charge in [-0.1, -0.05) is 81.4 Å². The summed E-state index contributed by atoms with van der Waals surface area (Å²) in [7, 11) is -1.14. The summed E-state index contributed by atoms with van der Waals surface area (Å²) >= 11 is 0. The summed E-state index contributed by atoms with van der Waals surface area (Å²) in [6.45, 7) is 7.24. The quantitative estimate of drug-likeness (QED) is 0.734. The molecule has 2 aliphatic rings. The van der Waals surface area contributed by atoms with Crippen molar-refractivity contribution in [3.8, 4) is 0 Å². The van der Waals surface area contributed by atoms with Gasteiger partial charge in [-0.05, 0) is 15.4 Å². The van der Waals surface area contributed by atoms with E-state index in [0.717, 1.165) is 0 Å². The summed E-state index contributed by atoms with van der Waals surface area (Å²) in [5.41, 5.74) is -0.904. The number of aliphatic hydroxyl groups excluding tert-OH is 1. The third-order valence-corrected chi connectivity index (χ3v) is 11.2. The van der Waals surface area contributed by atoms with E-state index in [-0.39, 0.29) is 11.6 Å². The molecule has 29 heavy (non-hydrogen) atoms. The number of aliphatic hydroxyl groups is 1. The summed E-state index contributed by atoms with van der Waals surface area (Å²) < 4.78 is 24.2. The zero-order chi connectivity index (χ0) is 20.7. The SMILES string of the molecule is CO[C@@H]1O[C@@]2(CO[Si](c3ccccc3)(c3ccccc3)C(C)(C)C)CO[C@@H]1[C@@H]2O. The van der Waals surface area contributed by atoms with Crippen molar-refractivity contribution in [1.82, 2.24) is 0 Å². The monoisotopic (exact) mass is 414 g/mol. The first-order valence-electron chi connectivity index (χ1n) is 10.1. The van der Waals surface area contributed by atoms with Crippen molar-refractivity contribution in [1.29, 1.82) is 0 Å². The van der Waals surface area contributed by atoms with Gasteiger partial charge in [-0.25, -0.2) is 0 Å². The van der Waals surface area contributed by atoms with Gasteiger partial charge in [0.15, 0.2) is 6.29 Å². The Morgan fingerprint density at radius 2 is 1.59 bits per heavy atom. The highest BCUT2D eigenvalue weighted by Crippen LogP contribution is 2.43. The molecule has 4 rings (SSSR count). The first-order valence-corrected chi connectivity index (χ1v) is 12.0. The molecule has 0 spiro atoms. The van der Waals surface area contributed by atoms with Gasteiger partial charge in [-0.2, -0.15) is 0 Å². The molecule has 2 aromatic rings. The number of hydrogen-bond donors (Lipinski definition) is 1. The molecular weight excluding hydrogens is 384 g/mol. The van der Waals surface area contributed by atoms with E-state index in [1.54, 1.807) is 7.11 Å². The molecule has 0 aliphatic carbocycles. The molecule has 0 radical (unpaired) electrons. The Bertz CT molecular complexity index is 783. The zero-order valence-corrected chi connectivity index (χ0v) is 18.5. The largest absolute Gasteiger partial charge is 0.404 e. The predicted octanol–water partition coefficient (Wildman–Crippen LogP) is 2.06. The van der Waals surface area contributed by atoms with E-state index in [1.165, 1.54) is 10.4 Å². The molecule has 0 aromatic heterocycles. The lowest BCUT2D eigenvalue weighted by Crippen LogP contribution is -2.68. The first kappa shape index (κ1) is 20.7. The molecule has 6 heteroatoms. The minimum atomic E-state index is -2.71. The summed E-state index contributed by atoms with van der Waals surface area (Å²) in [4.78, 5) is 0. The molecule has 2 heterocycles. The van der Waals surface area contributed by atoms with E-state index in [4.69, 9.17) is 18.6 Å². The molecule has 0 unspecified atom stereocenters. The van der Waals surface area contributed by atoms with Crippen LogP contribution >= 0.6 is 0 Å². The van der Waals surface area contributed by atoms with Gasteiger partial charge in [0.2, 0.25) is 0 Å². The number of hydrogen-bond acceptors (Lipinski definition) is 5. The Kier molecular flexibility index (Phi) is 5.44. The number of methoxy groups -OCH3 is 1. The first-order chi connectivity index (χ1) is 13.8. The van der Waals surface area contributed by atoms with E-state index in [9.17, 15) is 5.11 Å². The second-order valence-corrected chi connectivity index (χ2v) is 13.3. The summed E-state index contributed by atoms with van der Waals surface area (Å²) in [6, 6.07) is 20.9. The van der Waals surface area contributed by atoms with E-state index in [1.807, 2.05) is 12.1 Å². The predicted molar refractivity (Wildman–Crippen MR) is 114 cm³/mol. The maximum Gasteiger partial charge on any atom is 0.261 e. The Morgan fingerprint density at radius 3 is 2.03 bits per heavy atom. The van der Waals surface area contributed by atoms with Gasteiger partial charge in [0.1, 0.15) is 17.8 Å². The Labute approximate surface area is 173 Å². The van der Waals surface area contributed by atoms with Crippen LogP contribution in [-0.4, -0.2) is 57.8 Å². The summed E-state index contributed by atoms with van der Waals surface area (Å²) in [6.07, 6.45) is -1.81. The lowest BCUT2D eigenvalue weighted by atomic mass is 10.0. The van der Waals surface area contributed by atoms with Crippen LogP contribution in [0.3, 0.4) is 0 Å². The minimum Gasteiger partial charge on any atom is -0.404 e. The van der Waals surface area contributed by atoms with Crippen LogP contribution in [0.2, 0.25) is 5.04 Å². The molecule has 0 amide bonds. The van der Waals surface area contributed by atoms with E-state index >= 15 is 0 Å². The maximum atomic E-state index is 10.8. The lowest BCUT2D eigenvalue weighted by Gasteiger charge is -2.45. The standard InChI is InChI=1S/C23H30O5Si/c1-22(2,3)29(17-11-7-5-8-12-17,18-13-9-6-10-14-18)27-16-23-15-26-19(20(23)24)21(25-4)28-23/h5-14,19-21,24H,15-16H2,1-4H3/t19-,20+,21-,23-/m1/s1. The third kappa shape index (κ3) is 3.28. The fourth-order valence-corrected chi connectivity index (χ4v) is 9.29. The van der Waals surface area contributed by atoms with Crippen molar-refractivity contribution < 1.29 is 23.7 Å². The molecule has 4 atom stereocenters. The molecule has 2 saturated heterocycles. The van der Waals surface area contributed by atoms with Crippen LogP contribution < -0.4 is 10.4 Å². The van der Waals surface area contributed by atoms with Crippen molar-refractivity contribution in [2.75, 3.05) is 20.3 Å². The van der Waals surface area contributed by atoms with Crippen molar-refractivity contribution in [2.45, 2.75) is 49.9 Å². The summed E-state index contributed by atoms with van der Waals surface area (Å²) in [5.74, 6) is 0. The van der Waals surface area contributed by atoms with Crippen LogP contribution in [0.1, 0.15) is 20.8 Å². The van der Waals surface area contributed by atoms with Crippen molar-refractivity contribution in [3.05, 3.63) is 60.7 Å². The van der Waals surface area contributed by atoms with Crippen LogP contribution in [-0.2, 0) is 18.6 Å². The van der Waals surface area contributed by atoms with Crippen LogP contribution in [0, 0.1) is 0 Å². The molecule has 156 valence electrons. The fourth-order valence-electron chi connectivity index (χ4n) is 4.68. The van der Waals surface area contributed by atoms with E-state index in [0.29, 0.717) is 6.61 Å². The molecule has 1 N–H and O–H groups in total. The fraction of sp³-hybridized carbons (Fsp3) is 0.478. The van der Waals surface area contributed by atoms with Gasteiger partial charge < -0.3 is 23.7 Å². The van der Waals surface area contributed by atoms with Gasteiger partial charge in [-0.3, -0.25) is 0 Å². The highest BCUT2D eigenvalue weighted by molar-refractivity contribution is 6.99. The molecule has 5 nitrogen and oxygen atoms in total. The molecule has 2 fully saturated rings. The third-order valence-electron chi connectivity index (χ3n) is 6.17. The smallest absolute Gasteiger partial charge is 0.261 e. The van der Waals surface area contributed by atoms with Gasteiger partial charge >= 0.3 is 0 Å². The number of fused-ring (bicyclic) bond motifs is 2. The number of benzene rings is 2. The Morgan fingerprint density at radius 1 is 1.03 bits per heavy atom. The Balaban J connectivity index is 1.76. The topological polar surface area (TPSA) is 57.2 Å². The van der Waals surface area contributed by atoms with Gasteiger partial charge in [0, 0.05) is 7.11 Å². The average Bonchev–Trinajstić information content (AvgIpc) is 3.18. The molecule has 2 aromatic carbocycles.